The van der Waals surface area contributed by atoms with Crippen molar-refractivity contribution >= 4 is 10.0 Å². The normalized spacial score (nSPS) is 11.9. The summed E-state index contributed by atoms with van der Waals surface area (Å²) in [6.07, 6.45) is 3.13. The van der Waals surface area contributed by atoms with Crippen molar-refractivity contribution in [1.29, 1.82) is 0 Å². The van der Waals surface area contributed by atoms with Crippen molar-refractivity contribution in [3.8, 4) is 0 Å². The molecule has 7 nitrogen and oxygen atoms in total. The summed E-state index contributed by atoms with van der Waals surface area (Å²) in [4.78, 5) is 3.20. The first-order valence-corrected chi connectivity index (χ1v) is 7.86. The lowest BCUT2D eigenvalue weighted by Gasteiger charge is -2.05. The number of rotatable bonds is 7. The molecule has 0 unspecified atom stereocenters. The molecule has 0 fully saturated rings. The van der Waals surface area contributed by atoms with Crippen molar-refractivity contribution in [3.63, 3.8) is 0 Å². The predicted molar refractivity (Wildman–Crippen MR) is 75.4 cm³/mol. The highest BCUT2D eigenvalue weighted by atomic mass is 32.2. The summed E-state index contributed by atoms with van der Waals surface area (Å²) in [5, 5.41) is 7.13. The molecule has 0 amide bonds. The average molecular weight is 297 g/mol. The molecule has 0 spiro atoms. The van der Waals surface area contributed by atoms with Gasteiger partial charge in [0.1, 0.15) is 0 Å². The second-order valence-electron chi connectivity index (χ2n) is 4.41. The van der Waals surface area contributed by atoms with E-state index >= 15 is 0 Å². The van der Waals surface area contributed by atoms with E-state index in [4.69, 9.17) is 0 Å². The Balaban J connectivity index is 2.03. The molecule has 0 aliphatic rings. The van der Waals surface area contributed by atoms with Crippen molar-refractivity contribution in [2.24, 2.45) is 7.05 Å². The predicted octanol–water partition coefficient (Wildman–Crippen LogP) is 0.336. The zero-order valence-electron chi connectivity index (χ0n) is 11.5. The van der Waals surface area contributed by atoms with Crippen LogP contribution in [0.15, 0.2) is 29.4 Å². The van der Waals surface area contributed by atoms with Gasteiger partial charge in [0.25, 0.3) is 0 Å². The van der Waals surface area contributed by atoms with Crippen molar-refractivity contribution in [2.45, 2.75) is 24.9 Å². The standard InChI is InChI=1S/C12H19N5O2S/c1-3-13-7-10-6-12(9-14-10)20(18,19)16-8-11-4-5-15-17(11)2/h4-6,9,13-14,16H,3,7-8H2,1-2H3. The number of hydrogen-bond acceptors (Lipinski definition) is 4. The van der Waals surface area contributed by atoms with Gasteiger partial charge >= 0.3 is 0 Å². The second kappa shape index (κ2) is 6.21. The molecule has 0 aromatic carbocycles. The van der Waals surface area contributed by atoms with Gasteiger partial charge in [0, 0.05) is 31.7 Å². The van der Waals surface area contributed by atoms with E-state index in [1.807, 2.05) is 6.92 Å². The Labute approximate surface area is 118 Å². The number of aryl methyl sites for hydroxylation is 1. The van der Waals surface area contributed by atoms with Crippen LogP contribution in [0.3, 0.4) is 0 Å². The lowest BCUT2D eigenvalue weighted by atomic mass is 10.4. The van der Waals surface area contributed by atoms with Gasteiger partial charge in [-0.3, -0.25) is 4.68 Å². The monoisotopic (exact) mass is 297 g/mol. The molecule has 3 N–H and O–H groups in total. The lowest BCUT2D eigenvalue weighted by Crippen LogP contribution is -2.24. The van der Waals surface area contributed by atoms with Crippen molar-refractivity contribution in [1.82, 2.24) is 24.8 Å². The molecule has 8 heteroatoms. The summed E-state index contributed by atoms with van der Waals surface area (Å²) in [5.41, 5.74) is 1.64. The van der Waals surface area contributed by atoms with Crippen LogP contribution in [-0.4, -0.2) is 29.7 Å². The van der Waals surface area contributed by atoms with Crippen LogP contribution in [0.1, 0.15) is 18.3 Å². The molecule has 2 heterocycles. The average Bonchev–Trinajstić information content (AvgIpc) is 3.03. The van der Waals surface area contributed by atoms with E-state index in [-0.39, 0.29) is 11.4 Å². The smallest absolute Gasteiger partial charge is 0.242 e. The van der Waals surface area contributed by atoms with Crippen LogP contribution in [0.25, 0.3) is 0 Å². The van der Waals surface area contributed by atoms with Crippen molar-refractivity contribution < 1.29 is 8.42 Å². The third kappa shape index (κ3) is 3.47. The minimum atomic E-state index is -3.51. The van der Waals surface area contributed by atoms with Gasteiger partial charge in [-0.05, 0) is 18.7 Å². The summed E-state index contributed by atoms with van der Waals surface area (Å²) >= 11 is 0. The fraction of sp³-hybridized carbons (Fsp3) is 0.417. The van der Waals surface area contributed by atoms with Crippen LogP contribution < -0.4 is 10.0 Å². The van der Waals surface area contributed by atoms with Gasteiger partial charge in [-0.15, -0.1) is 0 Å². The van der Waals surface area contributed by atoms with Gasteiger partial charge < -0.3 is 10.3 Å². The largest absolute Gasteiger partial charge is 0.363 e. The highest BCUT2D eigenvalue weighted by molar-refractivity contribution is 7.89. The number of nitrogens with one attached hydrogen (secondary N) is 3. The van der Waals surface area contributed by atoms with E-state index in [0.717, 1.165) is 17.9 Å². The van der Waals surface area contributed by atoms with Crippen LogP contribution in [0.4, 0.5) is 0 Å². The molecule has 0 saturated heterocycles. The van der Waals surface area contributed by atoms with Gasteiger partial charge in [0.2, 0.25) is 10.0 Å². The van der Waals surface area contributed by atoms with Crippen molar-refractivity contribution in [2.75, 3.05) is 6.54 Å². The van der Waals surface area contributed by atoms with Crippen molar-refractivity contribution in [3.05, 3.63) is 35.9 Å². The highest BCUT2D eigenvalue weighted by Crippen LogP contribution is 2.11. The van der Waals surface area contributed by atoms with Gasteiger partial charge in [-0.2, -0.15) is 5.10 Å². The Morgan fingerprint density at radius 1 is 1.40 bits per heavy atom. The van der Waals surface area contributed by atoms with Crippen LogP contribution >= 0.6 is 0 Å². The minimum Gasteiger partial charge on any atom is -0.363 e. The van der Waals surface area contributed by atoms with Gasteiger partial charge in [-0.25, -0.2) is 13.1 Å². The van der Waals surface area contributed by atoms with Gasteiger partial charge in [0.15, 0.2) is 0 Å². The summed E-state index contributed by atoms with van der Waals surface area (Å²) in [6, 6.07) is 3.41. The molecule has 2 rings (SSSR count). The van der Waals surface area contributed by atoms with E-state index in [9.17, 15) is 8.42 Å². The first-order chi connectivity index (χ1) is 9.53. The Hall–Kier alpha value is -1.64. The number of H-pyrrole nitrogens is 1. The fourth-order valence-electron chi connectivity index (χ4n) is 1.76. The maximum absolute atomic E-state index is 12.1. The number of hydrogen-bond donors (Lipinski definition) is 3. The fourth-order valence-corrected chi connectivity index (χ4v) is 2.78. The minimum absolute atomic E-state index is 0.215. The number of aromatic amines is 1. The summed E-state index contributed by atoms with van der Waals surface area (Å²) in [7, 11) is -1.74. The molecule has 0 atom stereocenters. The lowest BCUT2D eigenvalue weighted by molar-refractivity contribution is 0.577. The third-order valence-corrected chi connectivity index (χ3v) is 4.34. The molecule has 0 aliphatic carbocycles. The number of aromatic nitrogens is 3. The number of sulfonamides is 1. The first kappa shape index (κ1) is 14.8. The summed E-state index contributed by atoms with van der Waals surface area (Å²) in [5.74, 6) is 0. The molecular weight excluding hydrogens is 278 g/mol. The molecule has 0 radical (unpaired) electrons. The Kier molecular flexibility index (Phi) is 4.58. The zero-order chi connectivity index (χ0) is 14.6. The van der Waals surface area contributed by atoms with Gasteiger partial charge in [0.05, 0.1) is 17.1 Å². The van der Waals surface area contributed by atoms with Gasteiger partial charge in [-0.1, -0.05) is 6.92 Å². The SMILES string of the molecule is CCNCc1cc(S(=O)(=O)NCc2ccnn2C)c[nH]1. The molecule has 110 valence electrons. The summed E-state index contributed by atoms with van der Waals surface area (Å²) in [6.45, 7) is 3.66. The Morgan fingerprint density at radius 2 is 2.20 bits per heavy atom. The third-order valence-electron chi connectivity index (χ3n) is 2.96. The van der Waals surface area contributed by atoms with E-state index < -0.39 is 10.0 Å². The highest BCUT2D eigenvalue weighted by Gasteiger charge is 2.16. The zero-order valence-corrected chi connectivity index (χ0v) is 12.4. The summed E-state index contributed by atoms with van der Waals surface area (Å²) < 4.78 is 28.5. The van der Waals surface area contributed by atoms with E-state index in [1.54, 1.807) is 30.1 Å². The molecule has 2 aromatic rings. The quantitative estimate of drug-likeness (QED) is 0.687. The first-order valence-electron chi connectivity index (χ1n) is 6.37. The van der Waals surface area contributed by atoms with E-state index in [1.165, 1.54) is 6.20 Å². The second-order valence-corrected chi connectivity index (χ2v) is 6.18. The molecule has 0 aliphatic heterocycles. The van der Waals surface area contributed by atoms with E-state index in [2.05, 4.69) is 20.1 Å². The molecular formula is C12H19N5O2S. The van der Waals surface area contributed by atoms with Crippen LogP contribution in [0, 0.1) is 0 Å². The maximum atomic E-state index is 12.1. The molecule has 0 saturated carbocycles. The van der Waals surface area contributed by atoms with Crippen LogP contribution in [-0.2, 0) is 30.2 Å². The van der Waals surface area contributed by atoms with Crippen LogP contribution in [0.5, 0.6) is 0 Å². The Bertz CT molecular complexity index is 659. The topological polar surface area (TPSA) is 91.8 Å². The van der Waals surface area contributed by atoms with Crippen LogP contribution in [0.2, 0.25) is 0 Å². The maximum Gasteiger partial charge on any atom is 0.242 e. The molecule has 0 bridgehead atoms. The molecule has 20 heavy (non-hydrogen) atoms. The molecule has 2 aromatic heterocycles. The number of nitrogens with zero attached hydrogens (tertiary/aromatic N) is 2. The Morgan fingerprint density at radius 3 is 2.85 bits per heavy atom. The van der Waals surface area contributed by atoms with E-state index in [0.29, 0.717) is 6.54 Å².